The molecule has 2 aliphatic rings. The summed E-state index contributed by atoms with van der Waals surface area (Å²) in [6, 6.07) is -0.252. The zero-order chi connectivity index (χ0) is 13.0. The Bertz CT molecular complexity index is 363. The lowest BCUT2D eigenvalue weighted by molar-refractivity contribution is -0.133. The average molecular weight is 250 g/mol. The van der Waals surface area contributed by atoms with Gasteiger partial charge in [-0.3, -0.25) is 9.59 Å². The first-order chi connectivity index (χ1) is 8.68. The van der Waals surface area contributed by atoms with Crippen LogP contribution in [0.3, 0.4) is 0 Å². The molecular weight excluding hydrogens is 228 g/mol. The van der Waals surface area contributed by atoms with Gasteiger partial charge in [-0.2, -0.15) is 0 Å². The first kappa shape index (κ1) is 13.1. The van der Waals surface area contributed by atoms with Crippen molar-refractivity contribution < 1.29 is 9.59 Å². The molecule has 1 heterocycles. The summed E-state index contributed by atoms with van der Waals surface area (Å²) in [6.45, 7) is 0.698. The summed E-state index contributed by atoms with van der Waals surface area (Å²) in [5.74, 6) is 0.0740. The molecule has 0 bridgehead atoms. The maximum absolute atomic E-state index is 11.9. The highest BCUT2D eigenvalue weighted by molar-refractivity contribution is 5.90. The lowest BCUT2D eigenvalue weighted by Gasteiger charge is -2.19. The van der Waals surface area contributed by atoms with E-state index in [9.17, 15) is 9.59 Å². The minimum absolute atomic E-state index is 0.000223. The molecule has 1 unspecified atom stereocenters. The van der Waals surface area contributed by atoms with E-state index in [1.54, 1.807) is 11.9 Å². The second-order valence-corrected chi connectivity index (χ2v) is 5.21. The normalized spacial score (nSPS) is 24.1. The first-order valence-electron chi connectivity index (χ1n) is 6.90. The minimum Gasteiger partial charge on any atom is -0.354 e. The van der Waals surface area contributed by atoms with Crippen LogP contribution >= 0.6 is 0 Å². The van der Waals surface area contributed by atoms with Crippen LogP contribution < -0.4 is 5.32 Å². The number of likely N-dealkylation sites (N-methyl/N-ethyl adjacent to an activating group) is 1. The van der Waals surface area contributed by atoms with E-state index in [0.717, 1.165) is 6.42 Å². The fraction of sp³-hybridized carbons (Fsp3) is 0.714. The van der Waals surface area contributed by atoms with Crippen LogP contribution in [-0.4, -0.2) is 36.3 Å². The first-order valence-corrected chi connectivity index (χ1v) is 6.90. The fourth-order valence-electron chi connectivity index (χ4n) is 2.71. The number of carbonyl (C=O) groups is 2. The molecule has 0 aromatic rings. The van der Waals surface area contributed by atoms with Crippen molar-refractivity contribution in [2.45, 2.75) is 51.0 Å². The van der Waals surface area contributed by atoms with Gasteiger partial charge in [-0.15, -0.1) is 0 Å². The number of nitrogens with one attached hydrogen (secondary N) is 1. The summed E-state index contributed by atoms with van der Waals surface area (Å²) in [7, 11) is 1.71. The molecule has 18 heavy (non-hydrogen) atoms. The Kier molecular flexibility index (Phi) is 4.39. The third-order valence-corrected chi connectivity index (χ3v) is 3.93. The van der Waals surface area contributed by atoms with Gasteiger partial charge in [-0.05, 0) is 38.5 Å². The van der Waals surface area contributed by atoms with Crippen LogP contribution in [0.5, 0.6) is 0 Å². The van der Waals surface area contributed by atoms with Crippen molar-refractivity contribution in [3.05, 3.63) is 11.6 Å². The highest BCUT2D eigenvalue weighted by Gasteiger charge is 2.32. The molecule has 4 heteroatoms. The minimum atomic E-state index is -0.252. The van der Waals surface area contributed by atoms with Crippen LogP contribution in [0.4, 0.5) is 0 Å². The van der Waals surface area contributed by atoms with Crippen molar-refractivity contribution in [3.8, 4) is 0 Å². The van der Waals surface area contributed by atoms with E-state index in [4.69, 9.17) is 0 Å². The van der Waals surface area contributed by atoms with Crippen molar-refractivity contribution in [1.29, 1.82) is 0 Å². The van der Waals surface area contributed by atoms with Crippen LogP contribution in [-0.2, 0) is 9.59 Å². The summed E-state index contributed by atoms with van der Waals surface area (Å²) in [5, 5.41) is 2.95. The predicted octanol–water partition coefficient (Wildman–Crippen LogP) is 1.61. The molecule has 0 saturated carbocycles. The highest BCUT2D eigenvalue weighted by atomic mass is 16.2. The quantitative estimate of drug-likeness (QED) is 0.771. The Morgan fingerprint density at radius 3 is 2.89 bits per heavy atom. The highest BCUT2D eigenvalue weighted by Crippen LogP contribution is 2.20. The van der Waals surface area contributed by atoms with Crippen LogP contribution in [0.25, 0.3) is 0 Å². The summed E-state index contributed by atoms with van der Waals surface area (Å²) in [4.78, 5) is 24.8. The third kappa shape index (κ3) is 3.12. The van der Waals surface area contributed by atoms with Gasteiger partial charge in [0.1, 0.15) is 6.04 Å². The number of likely N-dealkylation sites (tertiary alicyclic amines) is 1. The number of rotatable bonds is 4. The van der Waals surface area contributed by atoms with Crippen molar-refractivity contribution in [3.63, 3.8) is 0 Å². The van der Waals surface area contributed by atoms with Gasteiger partial charge in [-0.1, -0.05) is 11.6 Å². The number of hydrogen-bond acceptors (Lipinski definition) is 2. The molecule has 1 N–H and O–H groups in total. The Morgan fingerprint density at radius 2 is 2.28 bits per heavy atom. The molecule has 1 saturated heterocycles. The SMILES string of the molecule is CN1C(=O)CCC1C(=O)NCCC1=CCCCC1. The van der Waals surface area contributed by atoms with E-state index >= 15 is 0 Å². The Labute approximate surface area is 108 Å². The predicted molar refractivity (Wildman–Crippen MR) is 70.0 cm³/mol. The summed E-state index contributed by atoms with van der Waals surface area (Å²) < 4.78 is 0. The number of allylic oxidation sites excluding steroid dienone is 1. The fourth-order valence-corrected chi connectivity index (χ4v) is 2.71. The van der Waals surface area contributed by atoms with Crippen LogP contribution in [0, 0.1) is 0 Å². The second-order valence-electron chi connectivity index (χ2n) is 5.21. The molecule has 0 spiro atoms. The van der Waals surface area contributed by atoms with E-state index in [1.165, 1.54) is 31.3 Å². The van der Waals surface area contributed by atoms with Gasteiger partial charge < -0.3 is 10.2 Å². The maximum Gasteiger partial charge on any atom is 0.242 e. The average Bonchev–Trinajstić information content (AvgIpc) is 2.71. The Balaban J connectivity index is 1.72. The van der Waals surface area contributed by atoms with Crippen LogP contribution in [0.15, 0.2) is 11.6 Å². The van der Waals surface area contributed by atoms with Crippen LogP contribution in [0.2, 0.25) is 0 Å². The zero-order valence-electron chi connectivity index (χ0n) is 11.1. The number of carbonyl (C=O) groups excluding carboxylic acids is 2. The van der Waals surface area contributed by atoms with Gasteiger partial charge in [0.15, 0.2) is 0 Å². The van der Waals surface area contributed by atoms with E-state index in [2.05, 4.69) is 11.4 Å². The molecule has 1 atom stereocenters. The molecule has 1 aliphatic heterocycles. The van der Waals surface area contributed by atoms with Gasteiger partial charge in [0.25, 0.3) is 0 Å². The van der Waals surface area contributed by atoms with E-state index in [0.29, 0.717) is 19.4 Å². The largest absolute Gasteiger partial charge is 0.354 e. The van der Waals surface area contributed by atoms with Gasteiger partial charge >= 0.3 is 0 Å². The van der Waals surface area contributed by atoms with Crippen molar-refractivity contribution in [2.24, 2.45) is 0 Å². The molecule has 4 nitrogen and oxygen atoms in total. The number of amides is 2. The molecule has 0 aromatic carbocycles. The third-order valence-electron chi connectivity index (χ3n) is 3.93. The maximum atomic E-state index is 11.9. The van der Waals surface area contributed by atoms with E-state index < -0.39 is 0 Å². The smallest absolute Gasteiger partial charge is 0.242 e. The Hall–Kier alpha value is -1.32. The topological polar surface area (TPSA) is 49.4 Å². The lowest BCUT2D eigenvalue weighted by Crippen LogP contribution is -2.43. The van der Waals surface area contributed by atoms with E-state index in [-0.39, 0.29) is 17.9 Å². The molecule has 0 radical (unpaired) electrons. The molecule has 1 aliphatic carbocycles. The number of hydrogen-bond donors (Lipinski definition) is 1. The van der Waals surface area contributed by atoms with Gasteiger partial charge in [0.05, 0.1) is 0 Å². The molecule has 2 rings (SSSR count). The zero-order valence-corrected chi connectivity index (χ0v) is 11.1. The molecular formula is C14H22N2O2. The monoisotopic (exact) mass is 250 g/mol. The number of nitrogens with zero attached hydrogens (tertiary/aromatic N) is 1. The molecule has 0 aromatic heterocycles. The summed E-state index contributed by atoms with van der Waals surface area (Å²) in [5.41, 5.74) is 1.47. The summed E-state index contributed by atoms with van der Waals surface area (Å²) >= 11 is 0. The van der Waals surface area contributed by atoms with Crippen molar-refractivity contribution in [1.82, 2.24) is 10.2 Å². The molecule has 2 amide bonds. The molecule has 1 fully saturated rings. The van der Waals surface area contributed by atoms with Crippen LogP contribution in [0.1, 0.15) is 44.9 Å². The Morgan fingerprint density at radius 1 is 1.44 bits per heavy atom. The standard InChI is InChI=1S/C14H22N2O2/c1-16-12(7-8-13(16)17)14(18)15-10-9-11-5-3-2-4-6-11/h5,12H,2-4,6-10H2,1H3,(H,15,18). The van der Waals surface area contributed by atoms with Crippen molar-refractivity contribution in [2.75, 3.05) is 13.6 Å². The van der Waals surface area contributed by atoms with E-state index in [1.807, 2.05) is 0 Å². The van der Waals surface area contributed by atoms with Gasteiger partial charge in [0.2, 0.25) is 11.8 Å². The van der Waals surface area contributed by atoms with Gasteiger partial charge in [0, 0.05) is 20.0 Å². The van der Waals surface area contributed by atoms with Gasteiger partial charge in [-0.25, -0.2) is 0 Å². The lowest BCUT2D eigenvalue weighted by atomic mass is 9.97. The summed E-state index contributed by atoms with van der Waals surface area (Å²) in [6.07, 6.45) is 9.35. The molecule has 100 valence electrons. The second kappa shape index (κ2) is 6.03. The van der Waals surface area contributed by atoms with Crippen molar-refractivity contribution >= 4 is 11.8 Å².